The van der Waals surface area contributed by atoms with Crippen molar-refractivity contribution >= 4 is 63.3 Å². The van der Waals surface area contributed by atoms with Crippen LogP contribution in [0.1, 0.15) is 54.4 Å². The third-order valence-corrected chi connectivity index (χ3v) is 18.6. The summed E-state index contributed by atoms with van der Waals surface area (Å²) in [6.07, 6.45) is 5.70. The van der Waals surface area contributed by atoms with Crippen LogP contribution in [-0.4, -0.2) is 110 Å². The highest BCUT2D eigenvalue weighted by Crippen LogP contribution is 2.39. The molecule has 0 aliphatic carbocycles. The highest BCUT2D eigenvalue weighted by Gasteiger charge is 2.41. The number of carbonyl (C=O) groups is 2. The van der Waals surface area contributed by atoms with Crippen LogP contribution in [0, 0.1) is 0 Å². The molecule has 0 radical (unpaired) electrons. The first-order chi connectivity index (χ1) is 22.6. The zero-order valence-corrected chi connectivity index (χ0v) is 34.2. The lowest BCUT2D eigenvalue weighted by Crippen LogP contribution is -2.45. The van der Waals surface area contributed by atoms with Gasteiger partial charge in [0, 0.05) is 32.0 Å². The second-order valence-electron chi connectivity index (χ2n) is 15.1. The molecule has 2 aliphatic heterocycles. The van der Waals surface area contributed by atoms with Gasteiger partial charge in [0.25, 0.3) is 0 Å². The topological polar surface area (TPSA) is 164 Å². The Morgan fingerprint density at radius 3 is 1.80 bits per heavy atom. The van der Waals surface area contributed by atoms with Crippen LogP contribution in [0.5, 0.6) is 0 Å². The number of carboxylic acid groups (broad SMARTS) is 1. The Morgan fingerprint density at radius 1 is 0.878 bits per heavy atom. The minimum Gasteiger partial charge on any atom is -0.480 e. The third-order valence-electron chi connectivity index (χ3n) is 9.14. The van der Waals surface area contributed by atoms with E-state index in [2.05, 4.69) is 104 Å². The van der Waals surface area contributed by atoms with Crippen molar-refractivity contribution in [3.63, 3.8) is 0 Å². The molecular formula is C32H56Cl2N8O5Si2. The van der Waals surface area contributed by atoms with Crippen molar-refractivity contribution in [2.75, 3.05) is 49.9 Å². The molecule has 0 unspecified atom stereocenters. The van der Waals surface area contributed by atoms with Crippen molar-refractivity contribution in [1.29, 1.82) is 0 Å². The number of carboxylic acids is 1. The van der Waals surface area contributed by atoms with E-state index in [1.807, 2.05) is 4.90 Å². The lowest BCUT2D eigenvalue weighted by Gasteiger charge is -2.38. The van der Waals surface area contributed by atoms with Crippen molar-refractivity contribution in [2.45, 2.75) is 103 Å². The number of aliphatic carboxylic acids is 1. The fourth-order valence-electron chi connectivity index (χ4n) is 4.28. The minimum absolute atomic E-state index is 0.0473. The van der Waals surface area contributed by atoms with E-state index in [0.717, 1.165) is 26.1 Å². The van der Waals surface area contributed by atoms with Crippen molar-refractivity contribution in [3.8, 4) is 0 Å². The summed E-state index contributed by atoms with van der Waals surface area (Å²) in [5.74, 6) is 0.0461. The van der Waals surface area contributed by atoms with Gasteiger partial charge in [0.1, 0.15) is 18.2 Å². The van der Waals surface area contributed by atoms with Gasteiger partial charge in [0.15, 0.2) is 16.6 Å². The third kappa shape index (κ3) is 15.2. The fourth-order valence-corrected chi connectivity index (χ4v) is 7.34. The Morgan fingerprint density at radius 2 is 1.37 bits per heavy atom. The number of amides is 1. The maximum absolute atomic E-state index is 12.4. The molecule has 13 nitrogen and oxygen atoms in total. The van der Waals surface area contributed by atoms with Crippen LogP contribution in [0.4, 0.5) is 11.6 Å². The zero-order chi connectivity index (χ0) is 37.0. The van der Waals surface area contributed by atoms with E-state index in [9.17, 15) is 9.59 Å². The SMILES string of the molecule is CC(C)(C)[Si](C)(C)O[C@@H]1CCN(C(=O)CNc2ccnc(Cl)n2)C1.CC(C)(C)[Si](C)(C)O[C@H]1CCNC1.O=C(O)CNc1ccnc(Cl)n1. The van der Waals surface area contributed by atoms with Crippen molar-refractivity contribution in [1.82, 2.24) is 30.2 Å². The molecule has 276 valence electrons. The lowest BCUT2D eigenvalue weighted by atomic mass is 10.2. The Balaban J connectivity index is 0.000000281. The summed E-state index contributed by atoms with van der Waals surface area (Å²) in [7, 11) is -3.31. The van der Waals surface area contributed by atoms with E-state index in [4.69, 9.17) is 37.2 Å². The highest BCUT2D eigenvalue weighted by molar-refractivity contribution is 6.74. The summed E-state index contributed by atoms with van der Waals surface area (Å²) < 4.78 is 12.6. The molecule has 2 aromatic heterocycles. The van der Waals surface area contributed by atoms with Crippen molar-refractivity contribution in [3.05, 3.63) is 35.1 Å². The number of likely N-dealkylation sites (tertiary alicyclic amines) is 1. The van der Waals surface area contributed by atoms with Crippen molar-refractivity contribution < 1.29 is 23.5 Å². The molecular weight excluding hydrogens is 703 g/mol. The largest absolute Gasteiger partial charge is 0.480 e. The standard InChI is InChI=1S/C16H27ClN4O2Si.C10H23NOSi.C6H6ClN3O2/c1-16(2,3)24(4,5)23-12-7-9-21(11-12)14(22)10-19-13-6-8-18-15(17)20-13;1-10(2,3)13(4,5)12-9-6-7-11-8-9;7-6-8-2-1-4(10-6)9-3-5(11)12/h6,8,12H,7,9-11H2,1-5H3,(H,18,19,20);9,11H,6-8H2,1-5H3;1-2H,3H2,(H,11,12)(H,8,9,10)/t12-;9-;/m10./s1. The van der Waals surface area contributed by atoms with Gasteiger partial charge in [-0.1, -0.05) is 41.5 Å². The summed E-state index contributed by atoms with van der Waals surface area (Å²) in [6, 6.07) is 3.22. The summed E-state index contributed by atoms with van der Waals surface area (Å²) in [4.78, 5) is 39.5. The maximum atomic E-state index is 12.4. The molecule has 2 aromatic rings. The number of hydrogen-bond acceptors (Lipinski definition) is 11. The van der Waals surface area contributed by atoms with Gasteiger partial charge >= 0.3 is 5.97 Å². The predicted molar refractivity (Wildman–Crippen MR) is 202 cm³/mol. The number of nitrogens with one attached hydrogen (secondary N) is 3. The molecule has 2 saturated heterocycles. The van der Waals surface area contributed by atoms with Gasteiger partial charge < -0.3 is 34.8 Å². The van der Waals surface area contributed by atoms with E-state index in [-0.39, 0.29) is 40.7 Å². The number of carbonyl (C=O) groups excluding carboxylic acids is 1. The quantitative estimate of drug-likeness (QED) is 0.161. The smallest absolute Gasteiger partial charge is 0.322 e. The summed E-state index contributed by atoms with van der Waals surface area (Å²) in [5.41, 5.74) is 0. The molecule has 4 rings (SSSR count). The Hall–Kier alpha value is -2.41. The molecule has 0 bridgehead atoms. The second kappa shape index (κ2) is 18.7. The molecule has 17 heteroatoms. The fraction of sp³-hybridized carbons (Fsp3) is 0.688. The molecule has 0 aromatic carbocycles. The van der Waals surface area contributed by atoms with Gasteiger partial charge in [-0.25, -0.2) is 19.9 Å². The molecule has 4 N–H and O–H groups in total. The second-order valence-corrected chi connectivity index (χ2v) is 25.3. The average Bonchev–Trinajstić information content (AvgIpc) is 3.66. The lowest BCUT2D eigenvalue weighted by molar-refractivity contribution is -0.135. The first kappa shape index (κ1) is 42.8. The summed E-state index contributed by atoms with van der Waals surface area (Å²) in [5, 5.41) is 18.0. The molecule has 2 fully saturated rings. The molecule has 4 heterocycles. The van der Waals surface area contributed by atoms with Crippen LogP contribution in [0.3, 0.4) is 0 Å². The van der Waals surface area contributed by atoms with Crippen LogP contribution in [0.2, 0.25) is 46.8 Å². The normalized spacial score (nSPS) is 18.2. The minimum atomic E-state index is -1.80. The van der Waals surface area contributed by atoms with Crippen molar-refractivity contribution in [2.24, 2.45) is 0 Å². The molecule has 49 heavy (non-hydrogen) atoms. The monoisotopic (exact) mass is 758 g/mol. The predicted octanol–water partition coefficient (Wildman–Crippen LogP) is 6.16. The summed E-state index contributed by atoms with van der Waals surface area (Å²) in [6.45, 7) is 26.3. The Labute approximate surface area is 303 Å². The first-order valence-electron chi connectivity index (χ1n) is 16.6. The van der Waals surface area contributed by atoms with Crippen LogP contribution in [0.25, 0.3) is 0 Å². The van der Waals surface area contributed by atoms with Crippen LogP contribution < -0.4 is 16.0 Å². The first-order valence-corrected chi connectivity index (χ1v) is 23.2. The van der Waals surface area contributed by atoms with Crippen LogP contribution in [0.15, 0.2) is 24.5 Å². The van der Waals surface area contributed by atoms with Gasteiger partial charge in [-0.15, -0.1) is 0 Å². The van der Waals surface area contributed by atoms with E-state index < -0.39 is 22.6 Å². The average molecular weight is 760 g/mol. The van der Waals surface area contributed by atoms with E-state index in [0.29, 0.717) is 29.3 Å². The van der Waals surface area contributed by atoms with E-state index >= 15 is 0 Å². The number of hydrogen-bond donors (Lipinski definition) is 4. The zero-order valence-electron chi connectivity index (χ0n) is 30.7. The van der Waals surface area contributed by atoms with Gasteiger partial charge in [0.05, 0.1) is 18.8 Å². The van der Waals surface area contributed by atoms with E-state index in [1.165, 1.54) is 18.7 Å². The summed E-state index contributed by atoms with van der Waals surface area (Å²) >= 11 is 11.2. The Kier molecular flexibility index (Phi) is 16.3. The molecule has 0 saturated carbocycles. The Bertz CT molecular complexity index is 1360. The highest BCUT2D eigenvalue weighted by atomic mass is 35.5. The van der Waals surface area contributed by atoms with Gasteiger partial charge in [-0.3, -0.25) is 9.59 Å². The van der Waals surface area contributed by atoms with Crippen LogP contribution >= 0.6 is 23.2 Å². The van der Waals surface area contributed by atoms with Gasteiger partial charge in [-0.05, 0) is 91.0 Å². The number of aromatic nitrogens is 4. The van der Waals surface area contributed by atoms with Gasteiger partial charge in [-0.2, -0.15) is 0 Å². The van der Waals surface area contributed by atoms with Crippen LogP contribution in [-0.2, 0) is 18.4 Å². The maximum Gasteiger partial charge on any atom is 0.322 e. The molecule has 2 atom stereocenters. The van der Waals surface area contributed by atoms with Gasteiger partial charge in [0.2, 0.25) is 16.5 Å². The number of nitrogens with zero attached hydrogens (tertiary/aromatic N) is 5. The van der Waals surface area contributed by atoms with E-state index in [1.54, 1.807) is 12.3 Å². The number of rotatable bonds is 10. The molecule has 1 amide bonds. The number of halogens is 2. The molecule has 2 aliphatic rings. The molecule has 0 spiro atoms. The number of anilines is 2.